The minimum atomic E-state index is 0.130. The van der Waals surface area contributed by atoms with Gasteiger partial charge in [-0.05, 0) is 38.0 Å². The molecule has 1 fully saturated rings. The van der Waals surface area contributed by atoms with Crippen molar-refractivity contribution < 1.29 is 4.79 Å². The molecule has 1 aliphatic rings. The number of nitrogens with one attached hydrogen (secondary N) is 1. The van der Waals surface area contributed by atoms with E-state index < -0.39 is 0 Å². The lowest BCUT2D eigenvalue weighted by molar-refractivity contribution is 0.0758. The summed E-state index contributed by atoms with van der Waals surface area (Å²) in [5.74, 6) is 1.61. The number of aryl methyl sites for hydroxylation is 1. The second-order valence-corrected chi connectivity index (χ2v) is 5.64. The third-order valence-corrected chi connectivity index (χ3v) is 4.06. The van der Waals surface area contributed by atoms with E-state index in [4.69, 9.17) is 0 Å². The van der Waals surface area contributed by atoms with Gasteiger partial charge in [0, 0.05) is 18.8 Å². The molecule has 0 aromatic carbocycles. The molecule has 0 radical (unpaired) electrons. The smallest absolute Gasteiger partial charge is 0.257 e. The largest absolute Gasteiger partial charge is 0.339 e. The maximum Gasteiger partial charge on any atom is 0.257 e. The number of amides is 1. The van der Waals surface area contributed by atoms with Gasteiger partial charge < -0.3 is 4.90 Å². The first kappa shape index (κ1) is 13.1. The van der Waals surface area contributed by atoms with Crippen molar-refractivity contribution in [3.63, 3.8) is 0 Å². The fourth-order valence-electron chi connectivity index (χ4n) is 2.73. The standard InChI is InChI=1S/C14H23N3O/c1-10(2)12-5-4-7-17(8-6-12)14(18)13-9-15-16-11(13)3/h9-10,12H,4-8H2,1-3H3,(H,15,16). The predicted molar refractivity (Wildman–Crippen MR) is 71.4 cm³/mol. The summed E-state index contributed by atoms with van der Waals surface area (Å²) in [6.45, 7) is 8.22. The summed E-state index contributed by atoms with van der Waals surface area (Å²) in [6.07, 6.45) is 5.13. The van der Waals surface area contributed by atoms with E-state index in [0.29, 0.717) is 0 Å². The Morgan fingerprint density at radius 1 is 1.44 bits per heavy atom. The van der Waals surface area contributed by atoms with Crippen molar-refractivity contribution in [2.24, 2.45) is 11.8 Å². The molecule has 1 atom stereocenters. The van der Waals surface area contributed by atoms with Crippen molar-refractivity contribution in [1.29, 1.82) is 0 Å². The maximum absolute atomic E-state index is 12.4. The van der Waals surface area contributed by atoms with Gasteiger partial charge in [-0.2, -0.15) is 5.10 Å². The lowest BCUT2D eigenvalue weighted by Gasteiger charge is -2.21. The highest BCUT2D eigenvalue weighted by Crippen LogP contribution is 2.25. The molecule has 2 rings (SSSR count). The van der Waals surface area contributed by atoms with E-state index in [2.05, 4.69) is 24.0 Å². The van der Waals surface area contributed by atoms with Gasteiger partial charge >= 0.3 is 0 Å². The molecule has 0 aliphatic carbocycles. The van der Waals surface area contributed by atoms with E-state index in [1.165, 1.54) is 6.42 Å². The van der Waals surface area contributed by atoms with Crippen LogP contribution in [0, 0.1) is 18.8 Å². The first-order valence-corrected chi connectivity index (χ1v) is 6.89. The Bertz CT molecular complexity index is 411. The number of likely N-dealkylation sites (tertiary alicyclic amines) is 1. The Balaban J connectivity index is 2.02. The predicted octanol–water partition coefficient (Wildman–Crippen LogP) is 2.62. The van der Waals surface area contributed by atoms with Crippen LogP contribution in [-0.4, -0.2) is 34.1 Å². The zero-order chi connectivity index (χ0) is 13.1. The topological polar surface area (TPSA) is 49.0 Å². The third-order valence-electron chi connectivity index (χ3n) is 4.06. The number of rotatable bonds is 2. The Morgan fingerprint density at radius 2 is 2.22 bits per heavy atom. The van der Waals surface area contributed by atoms with Crippen LogP contribution in [-0.2, 0) is 0 Å². The van der Waals surface area contributed by atoms with Gasteiger partial charge in [-0.1, -0.05) is 13.8 Å². The van der Waals surface area contributed by atoms with E-state index in [1.807, 2.05) is 11.8 Å². The van der Waals surface area contributed by atoms with Crippen LogP contribution in [0.2, 0.25) is 0 Å². The maximum atomic E-state index is 12.4. The van der Waals surface area contributed by atoms with Crippen molar-refractivity contribution in [3.05, 3.63) is 17.5 Å². The van der Waals surface area contributed by atoms with Crippen LogP contribution in [0.25, 0.3) is 0 Å². The first-order valence-electron chi connectivity index (χ1n) is 6.89. The van der Waals surface area contributed by atoms with Crippen LogP contribution in [0.15, 0.2) is 6.20 Å². The molecule has 100 valence electrons. The van der Waals surface area contributed by atoms with Gasteiger partial charge in [0.25, 0.3) is 5.91 Å². The lowest BCUT2D eigenvalue weighted by Crippen LogP contribution is -2.32. The summed E-state index contributed by atoms with van der Waals surface area (Å²) in [4.78, 5) is 14.4. The number of carbonyl (C=O) groups is 1. The molecule has 0 bridgehead atoms. The Labute approximate surface area is 109 Å². The number of hydrogen-bond donors (Lipinski definition) is 1. The molecule has 4 heteroatoms. The molecule has 1 N–H and O–H groups in total. The fraction of sp³-hybridized carbons (Fsp3) is 0.714. The van der Waals surface area contributed by atoms with Gasteiger partial charge in [-0.3, -0.25) is 9.89 Å². The molecule has 1 saturated heterocycles. The summed E-state index contributed by atoms with van der Waals surface area (Å²) in [5.41, 5.74) is 1.59. The zero-order valence-corrected chi connectivity index (χ0v) is 11.6. The lowest BCUT2D eigenvalue weighted by atomic mass is 9.89. The SMILES string of the molecule is Cc1[nH]ncc1C(=O)N1CCCC(C(C)C)CC1. The van der Waals surface area contributed by atoms with Crippen molar-refractivity contribution in [2.75, 3.05) is 13.1 Å². The molecule has 18 heavy (non-hydrogen) atoms. The molecule has 0 spiro atoms. The molecule has 4 nitrogen and oxygen atoms in total. The van der Waals surface area contributed by atoms with Gasteiger partial charge in [-0.15, -0.1) is 0 Å². The Kier molecular flexibility index (Phi) is 4.04. The van der Waals surface area contributed by atoms with Crippen LogP contribution in [0.4, 0.5) is 0 Å². The molecule has 1 aliphatic heterocycles. The summed E-state index contributed by atoms with van der Waals surface area (Å²) in [5, 5.41) is 6.77. The van der Waals surface area contributed by atoms with Crippen LogP contribution >= 0.6 is 0 Å². The van der Waals surface area contributed by atoms with Gasteiger partial charge in [0.05, 0.1) is 11.8 Å². The number of nitrogens with zero attached hydrogens (tertiary/aromatic N) is 2. The molecule has 0 saturated carbocycles. The number of H-pyrrole nitrogens is 1. The minimum Gasteiger partial charge on any atom is -0.339 e. The average Bonchev–Trinajstić information content (AvgIpc) is 2.63. The highest BCUT2D eigenvalue weighted by Gasteiger charge is 2.24. The minimum absolute atomic E-state index is 0.130. The highest BCUT2D eigenvalue weighted by molar-refractivity contribution is 5.95. The van der Waals surface area contributed by atoms with Crippen LogP contribution < -0.4 is 0 Å². The van der Waals surface area contributed by atoms with E-state index in [1.54, 1.807) is 6.20 Å². The zero-order valence-electron chi connectivity index (χ0n) is 11.6. The molecule has 1 aromatic heterocycles. The molecule has 1 amide bonds. The van der Waals surface area contributed by atoms with E-state index >= 15 is 0 Å². The van der Waals surface area contributed by atoms with E-state index in [9.17, 15) is 4.79 Å². The summed E-state index contributed by atoms with van der Waals surface area (Å²) in [6, 6.07) is 0. The Hall–Kier alpha value is -1.32. The molecule has 1 aromatic rings. The van der Waals surface area contributed by atoms with Crippen LogP contribution in [0.3, 0.4) is 0 Å². The van der Waals surface area contributed by atoms with E-state index in [0.717, 1.165) is 49.0 Å². The van der Waals surface area contributed by atoms with Crippen molar-refractivity contribution >= 4 is 5.91 Å². The fourth-order valence-corrected chi connectivity index (χ4v) is 2.73. The Morgan fingerprint density at radius 3 is 2.83 bits per heavy atom. The summed E-state index contributed by atoms with van der Waals surface area (Å²) in [7, 11) is 0. The number of carbonyl (C=O) groups excluding carboxylic acids is 1. The van der Waals surface area contributed by atoms with Crippen molar-refractivity contribution in [3.8, 4) is 0 Å². The van der Waals surface area contributed by atoms with Gasteiger partial charge in [0.15, 0.2) is 0 Å². The van der Waals surface area contributed by atoms with Crippen molar-refractivity contribution in [2.45, 2.75) is 40.0 Å². The summed E-state index contributed by atoms with van der Waals surface area (Å²) < 4.78 is 0. The molecule has 2 heterocycles. The van der Waals surface area contributed by atoms with Crippen molar-refractivity contribution in [1.82, 2.24) is 15.1 Å². The third kappa shape index (κ3) is 2.74. The summed E-state index contributed by atoms with van der Waals surface area (Å²) >= 11 is 0. The highest BCUT2D eigenvalue weighted by atomic mass is 16.2. The van der Waals surface area contributed by atoms with Crippen LogP contribution in [0.5, 0.6) is 0 Å². The molecular formula is C14H23N3O. The second-order valence-electron chi connectivity index (χ2n) is 5.64. The normalized spacial score (nSPS) is 21.1. The second kappa shape index (κ2) is 5.55. The quantitative estimate of drug-likeness (QED) is 0.876. The van der Waals surface area contributed by atoms with E-state index in [-0.39, 0.29) is 5.91 Å². The average molecular weight is 249 g/mol. The monoisotopic (exact) mass is 249 g/mol. The van der Waals surface area contributed by atoms with Gasteiger partial charge in [0.1, 0.15) is 0 Å². The van der Waals surface area contributed by atoms with Gasteiger partial charge in [0.2, 0.25) is 0 Å². The number of aromatic amines is 1. The molecule has 1 unspecified atom stereocenters. The first-order chi connectivity index (χ1) is 8.59. The van der Waals surface area contributed by atoms with Crippen LogP contribution in [0.1, 0.15) is 49.2 Å². The molecular weight excluding hydrogens is 226 g/mol. The number of hydrogen-bond acceptors (Lipinski definition) is 2. The number of aromatic nitrogens is 2. The van der Waals surface area contributed by atoms with Gasteiger partial charge in [-0.25, -0.2) is 0 Å².